The lowest BCUT2D eigenvalue weighted by Crippen LogP contribution is -3.27. The van der Waals surface area contributed by atoms with E-state index >= 15 is 0 Å². The van der Waals surface area contributed by atoms with Gasteiger partial charge in [-0.25, -0.2) is 0 Å². The highest BCUT2D eigenvalue weighted by molar-refractivity contribution is 7.71. The number of quaternary nitrogens is 2. The van der Waals surface area contributed by atoms with E-state index < -0.39 is 0 Å². The molecule has 3 aromatic rings. The van der Waals surface area contributed by atoms with E-state index in [-0.39, 0.29) is 0 Å². The molecule has 30 heavy (non-hydrogen) atoms. The summed E-state index contributed by atoms with van der Waals surface area (Å²) in [6.07, 6.45) is 5.47. The highest BCUT2D eigenvalue weighted by Crippen LogP contribution is 2.16. The van der Waals surface area contributed by atoms with Crippen LogP contribution in [0, 0.1) is 11.7 Å². The minimum atomic E-state index is 0.646. The van der Waals surface area contributed by atoms with Gasteiger partial charge >= 0.3 is 0 Å². The summed E-state index contributed by atoms with van der Waals surface area (Å²) in [5.74, 6) is 0.858. The summed E-state index contributed by atoms with van der Waals surface area (Å²) >= 11 is 5.75. The van der Waals surface area contributed by atoms with Crippen LogP contribution in [0.25, 0.3) is 11.4 Å². The molecule has 3 heterocycles. The highest BCUT2D eigenvalue weighted by atomic mass is 32.1. The van der Waals surface area contributed by atoms with E-state index in [2.05, 4.69) is 42.8 Å². The molecule has 0 saturated carbocycles. The fourth-order valence-electron chi connectivity index (χ4n) is 4.16. The lowest BCUT2D eigenvalue weighted by molar-refractivity contribution is -1.03. The van der Waals surface area contributed by atoms with Crippen molar-refractivity contribution >= 4 is 12.2 Å². The number of nitrogens with zero attached hydrogens (tertiary/aromatic N) is 4. The number of rotatable bonds is 7. The van der Waals surface area contributed by atoms with Gasteiger partial charge in [-0.2, -0.15) is 4.68 Å². The number of allylic oxidation sites excluding steroid dienone is 1. The molecule has 2 aromatic heterocycles. The van der Waals surface area contributed by atoms with Crippen molar-refractivity contribution < 1.29 is 9.80 Å². The Bertz CT molecular complexity index is 1050. The number of piperazine rings is 1. The van der Waals surface area contributed by atoms with E-state index in [0.717, 1.165) is 42.5 Å². The summed E-state index contributed by atoms with van der Waals surface area (Å²) < 4.78 is 4.76. The van der Waals surface area contributed by atoms with Crippen molar-refractivity contribution in [2.45, 2.75) is 26.7 Å². The van der Waals surface area contributed by atoms with Crippen LogP contribution in [0.2, 0.25) is 0 Å². The average molecular weight is 423 g/mol. The zero-order valence-electron chi connectivity index (χ0n) is 17.6. The largest absolute Gasteiger partial charge is 0.322 e. The fourth-order valence-corrected chi connectivity index (χ4v) is 4.43. The normalized spacial score (nSPS) is 19.0. The van der Waals surface area contributed by atoms with Crippen molar-refractivity contribution in [3.8, 4) is 11.4 Å². The van der Waals surface area contributed by atoms with Gasteiger partial charge in [0.05, 0.1) is 0 Å². The molecule has 0 radical (unpaired) electrons. The fraction of sp³-hybridized carbons (Fsp3) is 0.348. The number of hydrogen-bond acceptors (Lipinski definition) is 3. The van der Waals surface area contributed by atoms with Gasteiger partial charge in [0, 0.05) is 30.1 Å². The van der Waals surface area contributed by atoms with Crippen LogP contribution in [0.3, 0.4) is 0 Å². The Morgan fingerprint density at radius 3 is 2.63 bits per heavy atom. The third-order valence-corrected chi connectivity index (χ3v) is 6.16. The van der Waals surface area contributed by atoms with Crippen molar-refractivity contribution in [3.05, 3.63) is 77.3 Å². The molecule has 1 aromatic carbocycles. The van der Waals surface area contributed by atoms with Crippen LogP contribution < -0.4 is 9.80 Å². The summed E-state index contributed by atoms with van der Waals surface area (Å²) in [5, 5.41) is 4.85. The molecule has 0 bridgehead atoms. The molecular weight excluding hydrogens is 392 g/mol. The summed E-state index contributed by atoms with van der Waals surface area (Å²) in [4.78, 5) is 7.42. The van der Waals surface area contributed by atoms with Gasteiger partial charge in [0.15, 0.2) is 12.5 Å². The van der Waals surface area contributed by atoms with Gasteiger partial charge < -0.3 is 9.80 Å². The number of aryl methyl sites for hydroxylation is 1. The van der Waals surface area contributed by atoms with E-state index in [4.69, 9.17) is 17.3 Å². The van der Waals surface area contributed by atoms with Crippen LogP contribution in [0.1, 0.15) is 11.1 Å². The van der Waals surface area contributed by atoms with Crippen LogP contribution in [0.15, 0.2) is 61.4 Å². The second-order valence-electron chi connectivity index (χ2n) is 8.07. The maximum Gasteiger partial charge on any atom is 0.203 e. The summed E-state index contributed by atoms with van der Waals surface area (Å²) in [5.41, 5.74) is 3.75. The zero-order valence-corrected chi connectivity index (χ0v) is 18.4. The third kappa shape index (κ3) is 4.75. The first-order valence-electron chi connectivity index (χ1n) is 10.6. The van der Waals surface area contributed by atoms with Gasteiger partial charge in [-0.3, -0.25) is 9.55 Å². The number of aromatic nitrogens is 4. The van der Waals surface area contributed by atoms with Crippen LogP contribution in [0.4, 0.5) is 0 Å². The number of benzene rings is 1. The number of pyridine rings is 1. The molecule has 7 heteroatoms. The molecule has 2 N–H and O–H groups in total. The zero-order chi connectivity index (χ0) is 20.9. The molecule has 1 aliphatic heterocycles. The Balaban J connectivity index is 1.43. The predicted molar refractivity (Wildman–Crippen MR) is 121 cm³/mol. The maximum atomic E-state index is 5.75. The van der Waals surface area contributed by atoms with Crippen LogP contribution in [-0.4, -0.2) is 45.5 Å². The van der Waals surface area contributed by atoms with Crippen molar-refractivity contribution in [2.75, 3.05) is 26.2 Å². The van der Waals surface area contributed by atoms with Crippen LogP contribution in [0.5, 0.6) is 0 Å². The summed E-state index contributed by atoms with van der Waals surface area (Å²) in [7, 11) is 0. The van der Waals surface area contributed by atoms with Crippen molar-refractivity contribution in [1.82, 2.24) is 19.3 Å². The number of hydrogen-bond donors (Lipinski definition) is 2. The van der Waals surface area contributed by atoms with Gasteiger partial charge in [-0.1, -0.05) is 35.9 Å². The van der Waals surface area contributed by atoms with Crippen LogP contribution in [-0.2, 0) is 19.8 Å². The van der Waals surface area contributed by atoms with Crippen molar-refractivity contribution in [1.29, 1.82) is 0 Å². The second kappa shape index (κ2) is 9.47. The molecule has 0 unspecified atom stereocenters. The van der Waals surface area contributed by atoms with Crippen molar-refractivity contribution in [2.24, 2.45) is 0 Å². The molecule has 0 aliphatic carbocycles. The predicted octanol–water partition coefficient (Wildman–Crippen LogP) is 0.912. The standard InChI is InChI=1S/C23H28N6S/c1-3-10-28-22(21-8-5-9-24-16-21)25-29(23(28)30)18-27-13-11-26(12-14-27)17-20-7-4-6-19(2)15-20/h3-9,15-16H,1,10-14,17-18H2,2H3/p+2. The molecule has 6 nitrogen and oxygen atoms in total. The highest BCUT2D eigenvalue weighted by Gasteiger charge is 2.24. The Labute approximate surface area is 183 Å². The average Bonchev–Trinajstić information content (AvgIpc) is 3.06. The van der Waals surface area contributed by atoms with E-state index in [1.807, 2.05) is 33.7 Å². The van der Waals surface area contributed by atoms with Gasteiger partial charge in [0.2, 0.25) is 4.77 Å². The third-order valence-electron chi connectivity index (χ3n) is 5.73. The second-order valence-corrected chi connectivity index (χ2v) is 8.44. The molecule has 1 fully saturated rings. The topological polar surface area (TPSA) is 44.5 Å². The first-order chi connectivity index (χ1) is 14.6. The van der Waals surface area contributed by atoms with E-state index in [1.54, 1.807) is 11.1 Å². The van der Waals surface area contributed by atoms with Gasteiger partial charge in [-0.05, 0) is 31.3 Å². The minimum Gasteiger partial charge on any atom is -0.322 e. The molecular formula is C23H30N6S+2. The molecule has 1 saturated heterocycles. The first kappa shape index (κ1) is 20.7. The Kier molecular flexibility index (Phi) is 6.52. The summed E-state index contributed by atoms with van der Waals surface area (Å²) in [6.45, 7) is 13.2. The smallest absolute Gasteiger partial charge is 0.203 e. The Morgan fingerprint density at radius 2 is 1.93 bits per heavy atom. The van der Waals surface area contributed by atoms with E-state index in [0.29, 0.717) is 6.54 Å². The molecule has 1 aliphatic rings. The van der Waals surface area contributed by atoms with Crippen molar-refractivity contribution in [3.63, 3.8) is 0 Å². The monoisotopic (exact) mass is 422 g/mol. The van der Waals surface area contributed by atoms with Gasteiger partial charge in [0.1, 0.15) is 32.7 Å². The maximum absolute atomic E-state index is 5.75. The quantitative estimate of drug-likeness (QED) is 0.440. The molecule has 0 atom stereocenters. The molecule has 0 amide bonds. The van der Waals surface area contributed by atoms with Gasteiger partial charge in [0.25, 0.3) is 0 Å². The van der Waals surface area contributed by atoms with Gasteiger partial charge in [-0.15, -0.1) is 11.7 Å². The van der Waals surface area contributed by atoms with E-state index in [1.165, 1.54) is 29.1 Å². The Morgan fingerprint density at radius 1 is 1.13 bits per heavy atom. The lowest BCUT2D eigenvalue weighted by Gasteiger charge is -2.29. The molecule has 0 spiro atoms. The SMILES string of the molecule is C=CCn1c(-c2cccnc2)nn(C[NH+]2CC[NH+](Cc3cccc(C)c3)CC2)c1=S. The minimum absolute atomic E-state index is 0.646. The van der Waals surface area contributed by atoms with Crippen LogP contribution >= 0.6 is 12.2 Å². The Hall–Kier alpha value is -2.61. The lowest BCUT2D eigenvalue weighted by atomic mass is 10.1. The number of nitrogens with one attached hydrogen (secondary N) is 2. The first-order valence-corrected chi connectivity index (χ1v) is 11.0. The van der Waals surface area contributed by atoms with E-state index in [9.17, 15) is 0 Å². The molecule has 156 valence electrons. The summed E-state index contributed by atoms with van der Waals surface area (Å²) in [6, 6.07) is 12.8. The molecule has 4 rings (SSSR count).